The second-order valence-corrected chi connectivity index (χ2v) is 8.98. The number of Topliss-reactive ketones (excluding diaryl/α,β-unsaturated/α-hetero) is 1. The predicted molar refractivity (Wildman–Crippen MR) is 100 cm³/mol. The second kappa shape index (κ2) is 7.21. The van der Waals surface area contributed by atoms with E-state index in [0.29, 0.717) is 44.2 Å². The lowest BCUT2D eigenvalue weighted by atomic mass is 10.1. The highest BCUT2D eigenvalue weighted by Crippen LogP contribution is 2.24. The van der Waals surface area contributed by atoms with Crippen LogP contribution in [0.2, 0.25) is 0 Å². The predicted octanol–water partition coefficient (Wildman–Crippen LogP) is 1.44. The molecule has 0 aliphatic carbocycles. The molecule has 0 amide bonds. The van der Waals surface area contributed by atoms with E-state index in [1.54, 1.807) is 13.8 Å². The van der Waals surface area contributed by atoms with Gasteiger partial charge in [0.05, 0.1) is 6.54 Å². The first-order valence-electron chi connectivity index (χ1n) is 8.94. The van der Waals surface area contributed by atoms with Crippen molar-refractivity contribution in [2.45, 2.75) is 32.6 Å². The zero-order chi connectivity index (χ0) is 19.9. The lowest BCUT2D eigenvalue weighted by molar-refractivity contribution is 0.0901. The van der Waals surface area contributed by atoms with Crippen LogP contribution in [0.25, 0.3) is 0 Å². The molecule has 9 heteroatoms. The van der Waals surface area contributed by atoms with Crippen molar-refractivity contribution in [2.24, 2.45) is 7.05 Å². The molecule has 0 saturated carbocycles. The van der Waals surface area contributed by atoms with E-state index in [1.165, 1.54) is 4.31 Å². The number of aromatic nitrogens is 2. The molecule has 1 fully saturated rings. The van der Waals surface area contributed by atoms with Crippen molar-refractivity contribution in [2.75, 3.05) is 32.7 Å². The van der Waals surface area contributed by atoms with Crippen molar-refractivity contribution in [1.29, 1.82) is 0 Å². The van der Waals surface area contributed by atoms with Gasteiger partial charge in [0.15, 0.2) is 11.5 Å². The minimum absolute atomic E-state index is 0.0678. The number of nitrogens with zero attached hydrogens (tertiary/aromatic N) is 4. The SMILES string of the molecule is Cc1noc(C)c1S(=O)(=O)N1CCN(CC(=O)c2cc(C)n(C)c2C)CC1. The highest BCUT2D eigenvalue weighted by atomic mass is 32.2. The molecule has 0 unspecified atom stereocenters. The third-order valence-electron chi connectivity index (χ3n) is 5.34. The topological polar surface area (TPSA) is 88.7 Å². The Hall–Kier alpha value is -1.97. The average Bonchev–Trinajstić information content (AvgIpc) is 3.09. The maximum atomic E-state index is 12.9. The third-order valence-corrected chi connectivity index (χ3v) is 7.48. The zero-order valence-corrected chi connectivity index (χ0v) is 17.3. The van der Waals surface area contributed by atoms with Crippen LogP contribution in [0.4, 0.5) is 0 Å². The van der Waals surface area contributed by atoms with Crippen molar-refractivity contribution in [3.63, 3.8) is 0 Å². The quantitative estimate of drug-likeness (QED) is 0.713. The second-order valence-electron chi connectivity index (χ2n) is 7.10. The maximum absolute atomic E-state index is 12.9. The summed E-state index contributed by atoms with van der Waals surface area (Å²) in [5.74, 6) is 0.373. The number of sulfonamides is 1. The fraction of sp³-hybridized carbons (Fsp3) is 0.556. The van der Waals surface area contributed by atoms with E-state index >= 15 is 0 Å². The van der Waals surface area contributed by atoms with Crippen LogP contribution in [-0.2, 0) is 17.1 Å². The lowest BCUT2D eigenvalue weighted by Gasteiger charge is -2.33. The molecular formula is C18H26N4O4S. The molecule has 148 valence electrons. The van der Waals surface area contributed by atoms with Crippen LogP contribution in [0.15, 0.2) is 15.5 Å². The average molecular weight is 394 g/mol. The molecule has 0 N–H and O–H groups in total. The van der Waals surface area contributed by atoms with E-state index in [2.05, 4.69) is 5.16 Å². The van der Waals surface area contributed by atoms with Gasteiger partial charge >= 0.3 is 0 Å². The van der Waals surface area contributed by atoms with Gasteiger partial charge in [0.1, 0.15) is 10.6 Å². The lowest BCUT2D eigenvalue weighted by Crippen LogP contribution is -2.49. The van der Waals surface area contributed by atoms with Crippen LogP contribution in [0.5, 0.6) is 0 Å². The largest absolute Gasteiger partial charge is 0.360 e. The molecule has 1 saturated heterocycles. The Morgan fingerprint density at radius 2 is 1.78 bits per heavy atom. The van der Waals surface area contributed by atoms with Crippen LogP contribution in [-0.4, -0.2) is 65.9 Å². The van der Waals surface area contributed by atoms with Crippen molar-refractivity contribution in [1.82, 2.24) is 18.9 Å². The fourth-order valence-corrected chi connectivity index (χ4v) is 5.24. The summed E-state index contributed by atoms with van der Waals surface area (Å²) >= 11 is 0. The molecule has 0 bridgehead atoms. The maximum Gasteiger partial charge on any atom is 0.248 e. The Morgan fingerprint density at radius 1 is 1.15 bits per heavy atom. The molecule has 0 spiro atoms. The standard InChI is InChI=1S/C18H26N4O4S/c1-12-10-16(14(3)20(12)5)17(23)11-21-6-8-22(9-7-21)27(24,25)18-13(2)19-26-15(18)4/h10H,6-9,11H2,1-5H3. The summed E-state index contributed by atoms with van der Waals surface area (Å²) in [7, 11) is -1.69. The Balaban J connectivity index is 1.65. The summed E-state index contributed by atoms with van der Waals surface area (Å²) in [5.41, 5.74) is 3.11. The van der Waals surface area contributed by atoms with Crippen molar-refractivity contribution in [3.8, 4) is 0 Å². The van der Waals surface area contributed by atoms with Gasteiger partial charge in [-0.1, -0.05) is 5.16 Å². The Morgan fingerprint density at radius 3 is 2.26 bits per heavy atom. The van der Waals surface area contributed by atoms with Crippen LogP contribution < -0.4 is 0 Å². The number of hydrogen-bond donors (Lipinski definition) is 0. The van der Waals surface area contributed by atoms with E-state index < -0.39 is 10.0 Å². The summed E-state index contributed by atoms with van der Waals surface area (Å²) in [6, 6.07) is 1.91. The molecule has 8 nitrogen and oxygen atoms in total. The van der Waals surface area contributed by atoms with Gasteiger partial charge in [-0.25, -0.2) is 8.42 Å². The molecule has 1 aliphatic rings. The summed E-state index contributed by atoms with van der Waals surface area (Å²) in [6.07, 6.45) is 0. The molecule has 27 heavy (non-hydrogen) atoms. The number of carbonyl (C=O) groups excluding carboxylic acids is 1. The van der Waals surface area contributed by atoms with Crippen molar-refractivity contribution >= 4 is 15.8 Å². The number of hydrogen-bond acceptors (Lipinski definition) is 6. The summed E-state index contributed by atoms with van der Waals surface area (Å²) in [6.45, 7) is 9.14. The minimum Gasteiger partial charge on any atom is -0.360 e. The van der Waals surface area contributed by atoms with E-state index in [0.717, 1.165) is 17.0 Å². The molecule has 2 aromatic heterocycles. The molecule has 0 atom stereocenters. The van der Waals surface area contributed by atoms with Gasteiger partial charge in [0, 0.05) is 50.2 Å². The zero-order valence-electron chi connectivity index (χ0n) is 16.4. The number of aryl methyl sites for hydroxylation is 3. The number of rotatable bonds is 5. The van der Waals surface area contributed by atoms with Crippen LogP contribution in [0, 0.1) is 27.7 Å². The minimum atomic E-state index is -3.63. The molecule has 3 heterocycles. The summed E-state index contributed by atoms with van der Waals surface area (Å²) in [5, 5.41) is 3.74. The van der Waals surface area contributed by atoms with Crippen LogP contribution in [0.3, 0.4) is 0 Å². The summed E-state index contributed by atoms with van der Waals surface area (Å²) < 4.78 is 34.2. The van der Waals surface area contributed by atoms with E-state index in [4.69, 9.17) is 4.52 Å². The fourth-order valence-electron chi connectivity index (χ4n) is 3.53. The Labute approximate surface area is 159 Å². The monoisotopic (exact) mass is 394 g/mol. The van der Waals surface area contributed by atoms with Crippen molar-refractivity contribution in [3.05, 3.63) is 34.5 Å². The molecule has 0 radical (unpaired) electrons. The third kappa shape index (κ3) is 3.59. The molecular weight excluding hydrogens is 368 g/mol. The molecule has 3 rings (SSSR count). The number of carbonyl (C=O) groups is 1. The Kier molecular flexibility index (Phi) is 5.29. The smallest absolute Gasteiger partial charge is 0.248 e. The highest BCUT2D eigenvalue weighted by molar-refractivity contribution is 7.89. The number of ketones is 1. The van der Waals surface area contributed by atoms with Gasteiger partial charge < -0.3 is 9.09 Å². The number of piperazine rings is 1. The van der Waals surface area contributed by atoms with Gasteiger partial charge in [-0.05, 0) is 33.8 Å². The first-order valence-corrected chi connectivity index (χ1v) is 10.4. The van der Waals surface area contributed by atoms with Gasteiger partial charge in [-0.2, -0.15) is 4.31 Å². The van der Waals surface area contributed by atoms with Gasteiger partial charge in [-0.15, -0.1) is 0 Å². The highest BCUT2D eigenvalue weighted by Gasteiger charge is 2.33. The van der Waals surface area contributed by atoms with E-state index in [1.807, 2.05) is 36.4 Å². The van der Waals surface area contributed by atoms with Gasteiger partial charge in [-0.3, -0.25) is 9.69 Å². The van der Waals surface area contributed by atoms with E-state index in [9.17, 15) is 13.2 Å². The first kappa shape index (κ1) is 19.8. The van der Waals surface area contributed by atoms with Gasteiger partial charge in [0.2, 0.25) is 10.0 Å². The van der Waals surface area contributed by atoms with E-state index in [-0.39, 0.29) is 10.7 Å². The normalized spacial score (nSPS) is 16.8. The molecule has 1 aliphatic heterocycles. The molecule has 2 aromatic rings. The van der Waals surface area contributed by atoms with Crippen LogP contribution in [0.1, 0.15) is 33.2 Å². The first-order chi connectivity index (χ1) is 12.6. The Bertz CT molecular complexity index is 946. The molecule has 0 aromatic carbocycles. The summed E-state index contributed by atoms with van der Waals surface area (Å²) in [4.78, 5) is 14.8. The van der Waals surface area contributed by atoms with Gasteiger partial charge in [0.25, 0.3) is 0 Å². The van der Waals surface area contributed by atoms with Crippen LogP contribution >= 0.6 is 0 Å². The van der Waals surface area contributed by atoms with Crippen molar-refractivity contribution < 1.29 is 17.7 Å².